The van der Waals surface area contributed by atoms with Gasteiger partial charge in [-0.2, -0.15) is 0 Å². The quantitative estimate of drug-likeness (QED) is 0.433. The van der Waals surface area contributed by atoms with Crippen LogP contribution in [0.2, 0.25) is 5.02 Å². The molecule has 0 aromatic heterocycles. The topological polar surface area (TPSA) is 21.6 Å². The lowest BCUT2D eigenvalue weighted by molar-refractivity contribution is 0.144. The summed E-state index contributed by atoms with van der Waals surface area (Å²) in [6, 6.07) is 7.81. The van der Waals surface area contributed by atoms with Gasteiger partial charge in [-0.05, 0) is 37.0 Å². The summed E-state index contributed by atoms with van der Waals surface area (Å²) in [4.78, 5) is 5.29. The van der Waals surface area contributed by atoms with E-state index in [1.165, 1.54) is 12.8 Å². The molecular formula is C13H16ClNO. The summed E-state index contributed by atoms with van der Waals surface area (Å²) in [5.74, 6) is 0.582. The summed E-state index contributed by atoms with van der Waals surface area (Å²) in [5.41, 5.74) is 2.20. The predicted molar refractivity (Wildman–Crippen MR) is 67.0 cm³/mol. The zero-order chi connectivity index (χ0) is 11.4. The van der Waals surface area contributed by atoms with Crippen molar-refractivity contribution in [3.05, 3.63) is 34.9 Å². The molecule has 0 bridgehead atoms. The molecule has 16 heavy (non-hydrogen) atoms. The number of oxime groups is 1. The van der Waals surface area contributed by atoms with Crippen molar-refractivity contribution >= 4 is 17.3 Å². The second-order valence-electron chi connectivity index (χ2n) is 4.09. The minimum Gasteiger partial charge on any atom is -0.396 e. The highest BCUT2D eigenvalue weighted by atomic mass is 35.5. The van der Waals surface area contributed by atoms with Crippen molar-refractivity contribution in [3.63, 3.8) is 0 Å². The van der Waals surface area contributed by atoms with Crippen molar-refractivity contribution in [3.8, 4) is 0 Å². The van der Waals surface area contributed by atoms with E-state index in [-0.39, 0.29) is 0 Å². The maximum absolute atomic E-state index is 5.87. The molecular weight excluding hydrogens is 222 g/mol. The largest absolute Gasteiger partial charge is 0.396 e. The van der Waals surface area contributed by atoms with E-state index in [0.29, 0.717) is 12.5 Å². The van der Waals surface area contributed by atoms with Gasteiger partial charge in [-0.1, -0.05) is 35.8 Å². The second-order valence-corrected chi connectivity index (χ2v) is 4.53. The molecule has 0 spiro atoms. The molecule has 1 aliphatic rings. The molecule has 1 aromatic rings. The highest BCUT2D eigenvalue weighted by Gasteiger charge is 2.29. The van der Waals surface area contributed by atoms with Crippen LogP contribution in [0.1, 0.15) is 31.7 Å². The number of rotatable bonds is 5. The summed E-state index contributed by atoms with van der Waals surface area (Å²) in [6.07, 6.45) is 3.43. The number of benzene rings is 1. The lowest BCUT2D eigenvalue weighted by atomic mass is 10.1. The average molecular weight is 238 g/mol. The number of hydrogen-bond acceptors (Lipinski definition) is 2. The van der Waals surface area contributed by atoms with Crippen LogP contribution < -0.4 is 0 Å². The first-order chi connectivity index (χ1) is 7.81. The Hall–Kier alpha value is -1.02. The molecule has 0 saturated heterocycles. The van der Waals surface area contributed by atoms with Gasteiger partial charge < -0.3 is 4.84 Å². The van der Waals surface area contributed by atoms with E-state index in [0.717, 1.165) is 22.7 Å². The molecule has 0 atom stereocenters. The van der Waals surface area contributed by atoms with Crippen molar-refractivity contribution in [2.45, 2.75) is 26.2 Å². The van der Waals surface area contributed by atoms with Gasteiger partial charge in [0, 0.05) is 10.9 Å². The molecule has 2 nitrogen and oxygen atoms in total. The molecule has 0 radical (unpaired) electrons. The molecule has 86 valence electrons. The Morgan fingerprint density at radius 3 is 2.62 bits per heavy atom. The van der Waals surface area contributed by atoms with Crippen molar-refractivity contribution in [2.75, 3.05) is 6.61 Å². The molecule has 1 fully saturated rings. The third-order valence-corrected chi connectivity index (χ3v) is 2.81. The van der Waals surface area contributed by atoms with Crippen molar-refractivity contribution in [1.82, 2.24) is 0 Å². The molecule has 3 heteroatoms. The van der Waals surface area contributed by atoms with Gasteiger partial charge in [0.15, 0.2) is 0 Å². The zero-order valence-corrected chi connectivity index (χ0v) is 10.2. The lowest BCUT2D eigenvalue weighted by Gasteiger charge is -2.05. The molecule has 1 saturated carbocycles. The van der Waals surface area contributed by atoms with Gasteiger partial charge in [0.1, 0.15) is 6.61 Å². The van der Waals surface area contributed by atoms with Crippen LogP contribution >= 0.6 is 11.6 Å². The van der Waals surface area contributed by atoms with Gasteiger partial charge in [-0.15, -0.1) is 0 Å². The van der Waals surface area contributed by atoms with E-state index >= 15 is 0 Å². The van der Waals surface area contributed by atoms with Crippen LogP contribution in [0.25, 0.3) is 0 Å². The van der Waals surface area contributed by atoms with Crippen molar-refractivity contribution in [1.29, 1.82) is 0 Å². The number of halogens is 1. The van der Waals surface area contributed by atoms with Crippen LogP contribution in [0.3, 0.4) is 0 Å². The van der Waals surface area contributed by atoms with Gasteiger partial charge >= 0.3 is 0 Å². The van der Waals surface area contributed by atoms with Gasteiger partial charge in [0.25, 0.3) is 0 Å². The number of nitrogens with zero attached hydrogens (tertiary/aromatic N) is 1. The third-order valence-electron chi connectivity index (χ3n) is 2.56. The Balaban J connectivity index is 2.12. The third kappa shape index (κ3) is 2.99. The van der Waals surface area contributed by atoms with Crippen LogP contribution in [-0.4, -0.2) is 12.3 Å². The Bertz CT molecular complexity index is 368. The Labute approximate surface area is 101 Å². The molecule has 0 heterocycles. The average Bonchev–Trinajstić information content (AvgIpc) is 3.10. The first kappa shape index (κ1) is 11.5. The monoisotopic (exact) mass is 237 g/mol. The Morgan fingerprint density at radius 2 is 2.06 bits per heavy atom. The highest BCUT2D eigenvalue weighted by molar-refractivity contribution is 6.30. The molecule has 1 aromatic carbocycles. The normalized spacial score (nSPS) is 16.2. The molecule has 1 aliphatic carbocycles. The Kier molecular flexibility index (Phi) is 3.83. The molecule has 0 N–H and O–H groups in total. The first-order valence-electron chi connectivity index (χ1n) is 5.77. The summed E-state index contributed by atoms with van der Waals surface area (Å²) in [5, 5.41) is 5.01. The van der Waals surface area contributed by atoms with Gasteiger partial charge in [0.05, 0.1) is 5.71 Å². The van der Waals surface area contributed by atoms with Gasteiger partial charge in [0.2, 0.25) is 0 Å². The summed E-state index contributed by atoms with van der Waals surface area (Å²) < 4.78 is 0. The molecule has 2 rings (SSSR count). The zero-order valence-electron chi connectivity index (χ0n) is 9.45. The van der Waals surface area contributed by atoms with E-state index in [4.69, 9.17) is 16.4 Å². The highest BCUT2D eigenvalue weighted by Crippen LogP contribution is 2.33. The van der Waals surface area contributed by atoms with Crippen LogP contribution in [0, 0.1) is 5.92 Å². The Morgan fingerprint density at radius 1 is 1.38 bits per heavy atom. The van der Waals surface area contributed by atoms with E-state index < -0.39 is 0 Å². The summed E-state index contributed by atoms with van der Waals surface area (Å²) >= 11 is 5.87. The number of hydrogen-bond donors (Lipinski definition) is 0. The van der Waals surface area contributed by atoms with Crippen LogP contribution in [-0.2, 0) is 4.84 Å². The second kappa shape index (κ2) is 5.35. The van der Waals surface area contributed by atoms with E-state index in [1.54, 1.807) is 0 Å². The fourth-order valence-electron chi connectivity index (χ4n) is 1.55. The predicted octanol–water partition coefficient (Wildman–Crippen LogP) is 3.88. The van der Waals surface area contributed by atoms with Crippen LogP contribution in [0.4, 0.5) is 0 Å². The maximum Gasteiger partial charge on any atom is 0.116 e. The minimum atomic E-state index is 0.582. The molecule has 0 aliphatic heterocycles. The summed E-state index contributed by atoms with van der Waals surface area (Å²) in [7, 11) is 0. The fourth-order valence-corrected chi connectivity index (χ4v) is 1.67. The maximum atomic E-state index is 5.87. The van der Waals surface area contributed by atoms with E-state index in [1.807, 2.05) is 24.3 Å². The molecule has 0 unspecified atom stereocenters. The van der Waals surface area contributed by atoms with Crippen LogP contribution in [0.5, 0.6) is 0 Å². The van der Waals surface area contributed by atoms with Gasteiger partial charge in [-0.3, -0.25) is 0 Å². The molecule has 0 amide bonds. The van der Waals surface area contributed by atoms with E-state index in [2.05, 4.69) is 12.1 Å². The first-order valence-corrected chi connectivity index (χ1v) is 6.15. The van der Waals surface area contributed by atoms with Gasteiger partial charge in [-0.25, -0.2) is 0 Å². The van der Waals surface area contributed by atoms with Crippen molar-refractivity contribution < 1.29 is 4.84 Å². The lowest BCUT2D eigenvalue weighted by Crippen LogP contribution is -2.04. The SMILES string of the molecule is CCCO/N=C(/c1ccc(Cl)cc1)C1CC1. The van der Waals surface area contributed by atoms with Crippen molar-refractivity contribution in [2.24, 2.45) is 11.1 Å². The van der Waals surface area contributed by atoms with Crippen LogP contribution in [0.15, 0.2) is 29.4 Å². The minimum absolute atomic E-state index is 0.582. The smallest absolute Gasteiger partial charge is 0.116 e. The standard InChI is InChI=1S/C13H16ClNO/c1-2-9-16-15-13(10-3-4-10)11-5-7-12(14)8-6-11/h5-8,10H,2-4,9H2,1H3/b15-13+. The summed E-state index contributed by atoms with van der Waals surface area (Å²) in [6.45, 7) is 2.76. The van der Waals surface area contributed by atoms with E-state index in [9.17, 15) is 0 Å². The fraction of sp³-hybridized carbons (Fsp3) is 0.462.